The molecule has 1 fully saturated rings. The molecule has 7 heteroatoms. The summed E-state index contributed by atoms with van der Waals surface area (Å²) in [5.41, 5.74) is 4.67. The van der Waals surface area contributed by atoms with Gasteiger partial charge in [-0.2, -0.15) is 0 Å². The van der Waals surface area contributed by atoms with Crippen LogP contribution >= 0.6 is 11.6 Å². The van der Waals surface area contributed by atoms with Gasteiger partial charge in [0.1, 0.15) is 0 Å². The van der Waals surface area contributed by atoms with Crippen molar-refractivity contribution in [2.75, 3.05) is 11.9 Å². The Bertz CT molecular complexity index is 1100. The summed E-state index contributed by atoms with van der Waals surface area (Å²) in [4.78, 5) is 24.2. The Labute approximate surface area is 180 Å². The fraction of sp³-hybridized carbons (Fsp3) is 0.261. The van der Waals surface area contributed by atoms with Gasteiger partial charge >= 0.3 is 0 Å². The number of benzene rings is 2. The number of carbonyl (C=O) groups is 1. The van der Waals surface area contributed by atoms with Crippen molar-refractivity contribution >= 4 is 29.1 Å². The molecule has 152 valence electrons. The Kier molecular flexibility index (Phi) is 5.11. The molecule has 0 spiro atoms. The van der Waals surface area contributed by atoms with Crippen LogP contribution in [0.3, 0.4) is 0 Å². The normalized spacial score (nSPS) is 19.0. The molecule has 0 aliphatic carbocycles. The van der Waals surface area contributed by atoms with Gasteiger partial charge in [-0.15, -0.1) is 0 Å². The van der Waals surface area contributed by atoms with Crippen LogP contribution in [-0.2, 0) is 17.9 Å². The average molecular weight is 420 g/mol. The molecule has 6 bridgehead atoms. The molecule has 0 radical (unpaired) electrons. The van der Waals surface area contributed by atoms with Gasteiger partial charge in [-0.05, 0) is 54.8 Å². The average Bonchev–Trinajstić information content (AvgIpc) is 3.22. The SMILES string of the molecule is O=C1NCc2cccc(c2)-c2ccnc(n2)Nc2cc(ccc2Cl)CN2CCC[C@@H]12. The predicted molar refractivity (Wildman–Crippen MR) is 117 cm³/mol. The first-order valence-corrected chi connectivity index (χ1v) is 10.5. The standard InChI is InChI=1S/C23H22ClN5O/c24-18-7-6-16-12-20(18)28-23-25-9-8-19(27-23)17-4-1-3-15(11-17)13-26-22(30)21-5-2-10-29(21)14-16/h1,3-4,6-9,11-12,21H,2,5,10,13-14H2,(H,26,30)(H,25,27,28)/t21-/m0/s1. The lowest BCUT2D eigenvalue weighted by atomic mass is 10.1. The number of anilines is 2. The monoisotopic (exact) mass is 419 g/mol. The number of halogens is 1. The van der Waals surface area contributed by atoms with Crippen LogP contribution in [0, 0.1) is 0 Å². The number of carbonyl (C=O) groups excluding carboxylic acids is 1. The fourth-order valence-electron chi connectivity index (χ4n) is 4.16. The molecule has 5 rings (SSSR count). The second kappa shape index (κ2) is 8.05. The zero-order valence-electron chi connectivity index (χ0n) is 16.4. The summed E-state index contributed by atoms with van der Waals surface area (Å²) in [6, 6.07) is 15.7. The molecule has 1 aromatic heterocycles. The van der Waals surface area contributed by atoms with Crippen LogP contribution < -0.4 is 10.6 Å². The van der Waals surface area contributed by atoms with Gasteiger partial charge in [-0.3, -0.25) is 9.69 Å². The van der Waals surface area contributed by atoms with Gasteiger partial charge < -0.3 is 10.6 Å². The third-order valence-corrected chi connectivity index (χ3v) is 6.00. The summed E-state index contributed by atoms with van der Waals surface area (Å²) in [7, 11) is 0. The molecule has 30 heavy (non-hydrogen) atoms. The molecule has 2 aliphatic heterocycles. The van der Waals surface area contributed by atoms with Crippen molar-refractivity contribution in [1.29, 1.82) is 0 Å². The van der Waals surface area contributed by atoms with Crippen molar-refractivity contribution in [1.82, 2.24) is 20.2 Å². The molecule has 3 aromatic rings. The summed E-state index contributed by atoms with van der Waals surface area (Å²) in [5.74, 6) is 0.582. The summed E-state index contributed by atoms with van der Waals surface area (Å²) in [6.07, 6.45) is 3.63. The highest BCUT2D eigenvalue weighted by molar-refractivity contribution is 6.33. The number of hydrogen-bond donors (Lipinski definition) is 2. The van der Waals surface area contributed by atoms with Crippen molar-refractivity contribution < 1.29 is 4.79 Å². The largest absolute Gasteiger partial charge is 0.351 e. The van der Waals surface area contributed by atoms with Crippen molar-refractivity contribution in [3.8, 4) is 11.3 Å². The van der Waals surface area contributed by atoms with Crippen molar-refractivity contribution in [3.05, 3.63) is 70.9 Å². The number of nitrogens with one attached hydrogen (secondary N) is 2. The molecule has 2 aliphatic rings. The van der Waals surface area contributed by atoms with Gasteiger partial charge in [0.15, 0.2) is 0 Å². The molecule has 1 amide bonds. The first-order chi connectivity index (χ1) is 14.7. The Morgan fingerprint density at radius 1 is 1.10 bits per heavy atom. The van der Waals surface area contributed by atoms with Crippen LogP contribution in [0.2, 0.25) is 5.02 Å². The van der Waals surface area contributed by atoms with Crippen molar-refractivity contribution in [2.24, 2.45) is 0 Å². The molecule has 2 aromatic carbocycles. The number of aromatic nitrogens is 2. The van der Waals surface area contributed by atoms with Gasteiger partial charge in [0, 0.05) is 24.8 Å². The molecule has 2 N–H and O–H groups in total. The van der Waals surface area contributed by atoms with E-state index in [2.05, 4.69) is 31.6 Å². The molecule has 0 unspecified atom stereocenters. The van der Waals surface area contributed by atoms with Gasteiger partial charge in [0.05, 0.1) is 22.4 Å². The minimum Gasteiger partial charge on any atom is -0.351 e. The molecule has 1 atom stereocenters. The molecule has 0 saturated carbocycles. The number of rotatable bonds is 0. The number of hydrogen-bond acceptors (Lipinski definition) is 5. The van der Waals surface area contributed by atoms with E-state index >= 15 is 0 Å². The Hall–Kier alpha value is -2.96. The quantitative estimate of drug-likeness (QED) is 0.573. The summed E-state index contributed by atoms with van der Waals surface area (Å²) >= 11 is 6.43. The second-order valence-electron chi connectivity index (χ2n) is 7.75. The lowest BCUT2D eigenvalue weighted by molar-refractivity contribution is -0.125. The van der Waals surface area contributed by atoms with Crippen LogP contribution in [0.15, 0.2) is 54.7 Å². The van der Waals surface area contributed by atoms with Gasteiger partial charge in [-0.25, -0.2) is 9.97 Å². The van der Waals surface area contributed by atoms with Crippen LogP contribution in [0.5, 0.6) is 0 Å². The van der Waals surface area contributed by atoms with E-state index in [4.69, 9.17) is 11.6 Å². The summed E-state index contributed by atoms with van der Waals surface area (Å²) < 4.78 is 0. The maximum Gasteiger partial charge on any atom is 0.237 e. The summed E-state index contributed by atoms with van der Waals surface area (Å²) in [5, 5.41) is 6.98. The van der Waals surface area contributed by atoms with Gasteiger partial charge in [-0.1, -0.05) is 35.9 Å². The van der Waals surface area contributed by atoms with Crippen LogP contribution in [0.25, 0.3) is 11.3 Å². The van der Waals surface area contributed by atoms with Crippen molar-refractivity contribution in [2.45, 2.75) is 32.0 Å². The topological polar surface area (TPSA) is 70.1 Å². The summed E-state index contributed by atoms with van der Waals surface area (Å²) in [6.45, 7) is 2.10. The minimum atomic E-state index is -0.107. The molecule has 1 saturated heterocycles. The maximum atomic E-state index is 12.9. The molecular formula is C23H22ClN5O. The fourth-order valence-corrected chi connectivity index (χ4v) is 4.33. The number of nitrogens with zero attached hydrogens (tertiary/aromatic N) is 3. The van der Waals surface area contributed by atoms with Gasteiger partial charge in [0.25, 0.3) is 0 Å². The van der Waals surface area contributed by atoms with E-state index in [1.54, 1.807) is 6.20 Å². The zero-order chi connectivity index (χ0) is 20.5. The van der Waals surface area contributed by atoms with Crippen LogP contribution in [-0.4, -0.2) is 33.4 Å². The highest BCUT2D eigenvalue weighted by Gasteiger charge is 2.30. The van der Waals surface area contributed by atoms with E-state index in [1.165, 1.54) is 0 Å². The Morgan fingerprint density at radius 3 is 2.97 bits per heavy atom. The highest BCUT2D eigenvalue weighted by Crippen LogP contribution is 2.29. The van der Waals surface area contributed by atoms with Crippen LogP contribution in [0.4, 0.5) is 11.6 Å². The predicted octanol–water partition coefficient (Wildman–Crippen LogP) is 4.13. The van der Waals surface area contributed by atoms with Crippen molar-refractivity contribution in [3.63, 3.8) is 0 Å². The van der Waals surface area contributed by atoms with E-state index in [-0.39, 0.29) is 11.9 Å². The number of amides is 1. The second-order valence-corrected chi connectivity index (χ2v) is 8.16. The number of fused-ring (bicyclic) bond motifs is 8. The third-order valence-electron chi connectivity index (χ3n) is 5.67. The van der Waals surface area contributed by atoms with Crippen LogP contribution in [0.1, 0.15) is 24.0 Å². The molecule has 3 heterocycles. The Morgan fingerprint density at radius 2 is 2.03 bits per heavy atom. The van der Waals surface area contributed by atoms with E-state index < -0.39 is 0 Å². The van der Waals surface area contributed by atoms with E-state index in [0.717, 1.165) is 47.5 Å². The first kappa shape index (κ1) is 19.0. The van der Waals surface area contributed by atoms with E-state index in [0.29, 0.717) is 24.1 Å². The lowest BCUT2D eigenvalue weighted by Crippen LogP contribution is -2.42. The minimum absolute atomic E-state index is 0.0848. The smallest absolute Gasteiger partial charge is 0.237 e. The highest BCUT2D eigenvalue weighted by atomic mass is 35.5. The third kappa shape index (κ3) is 3.88. The zero-order valence-corrected chi connectivity index (χ0v) is 17.2. The molecule has 6 nitrogen and oxygen atoms in total. The molecular weight excluding hydrogens is 398 g/mol. The Balaban J connectivity index is 1.57. The first-order valence-electron chi connectivity index (χ1n) is 10.2. The van der Waals surface area contributed by atoms with Gasteiger partial charge in [0.2, 0.25) is 11.9 Å². The van der Waals surface area contributed by atoms with E-state index in [9.17, 15) is 4.79 Å². The maximum absolute atomic E-state index is 12.9. The lowest BCUT2D eigenvalue weighted by Gasteiger charge is -2.24. The van der Waals surface area contributed by atoms with E-state index in [1.807, 2.05) is 42.5 Å².